The molecule has 1 aromatic heterocycles. The fraction of sp³-hybridized carbons (Fsp3) is 0.250. The van der Waals surface area contributed by atoms with Gasteiger partial charge in [0.05, 0.1) is 7.11 Å². The first kappa shape index (κ1) is 9.44. The van der Waals surface area contributed by atoms with Crippen molar-refractivity contribution in [2.45, 2.75) is 0 Å². The van der Waals surface area contributed by atoms with Gasteiger partial charge in [-0.2, -0.15) is 0 Å². The number of rotatable bonds is 1. The average Bonchev–Trinajstić information content (AvgIpc) is 2.10. The van der Waals surface area contributed by atoms with Gasteiger partial charge in [0, 0.05) is 13.2 Å². The number of nitrogens with zero attached hydrogens (tertiary/aromatic N) is 1. The second kappa shape index (κ2) is 3.38. The smallest absolute Gasteiger partial charge is 0.343 e. The van der Waals surface area contributed by atoms with Crippen molar-refractivity contribution in [3.05, 3.63) is 34.0 Å². The normalized spacial score (nSPS) is 9.77. The van der Waals surface area contributed by atoms with Crippen molar-refractivity contribution in [3.63, 3.8) is 0 Å². The summed E-state index contributed by atoms with van der Waals surface area (Å²) in [5.74, 6) is -1.48. The first-order valence-corrected chi connectivity index (χ1v) is 3.50. The summed E-state index contributed by atoms with van der Waals surface area (Å²) in [5, 5.41) is 0. The lowest BCUT2D eigenvalue weighted by Crippen LogP contribution is -2.25. The summed E-state index contributed by atoms with van der Waals surface area (Å²) in [4.78, 5) is 22.2. The first-order valence-electron chi connectivity index (χ1n) is 3.50. The number of hydrogen-bond donors (Lipinski definition) is 0. The molecule has 0 spiro atoms. The van der Waals surface area contributed by atoms with Gasteiger partial charge in [0.1, 0.15) is 11.4 Å². The lowest BCUT2D eigenvalue weighted by molar-refractivity contribution is 0.0597. The molecule has 0 aromatic carbocycles. The molecule has 0 unspecified atom stereocenters. The van der Waals surface area contributed by atoms with E-state index in [1.165, 1.54) is 7.05 Å². The Kier molecular flexibility index (Phi) is 2.46. The van der Waals surface area contributed by atoms with Gasteiger partial charge in [-0.1, -0.05) is 0 Å². The minimum atomic E-state index is -0.833. The van der Waals surface area contributed by atoms with E-state index in [4.69, 9.17) is 0 Å². The van der Waals surface area contributed by atoms with Crippen LogP contribution in [-0.2, 0) is 11.8 Å². The van der Waals surface area contributed by atoms with Crippen molar-refractivity contribution < 1.29 is 13.9 Å². The molecule has 0 radical (unpaired) electrons. The maximum absolute atomic E-state index is 12.7. The third kappa shape index (κ3) is 1.74. The number of aryl methyl sites for hydroxylation is 1. The number of methoxy groups -OCH3 is 1. The van der Waals surface area contributed by atoms with E-state index in [-0.39, 0.29) is 5.56 Å². The van der Waals surface area contributed by atoms with E-state index in [2.05, 4.69) is 4.74 Å². The van der Waals surface area contributed by atoms with Crippen molar-refractivity contribution in [2.75, 3.05) is 7.11 Å². The molecule has 5 heteroatoms. The third-order valence-corrected chi connectivity index (χ3v) is 1.56. The molecule has 0 N–H and O–H groups in total. The summed E-state index contributed by atoms with van der Waals surface area (Å²) in [6.07, 6.45) is 0.995. The Morgan fingerprint density at radius 2 is 2.23 bits per heavy atom. The van der Waals surface area contributed by atoms with Crippen LogP contribution in [0.15, 0.2) is 17.1 Å². The van der Waals surface area contributed by atoms with Crippen LogP contribution in [0.3, 0.4) is 0 Å². The number of aromatic nitrogens is 1. The Hall–Kier alpha value is -1.65. The summed E-state index contributed by atoms with van der Waals surface area (Å²) >= 11 is 0. The summed E-state index contributed by atoms with van der Waals surface area (Å²) < 4.78 is 18.0. The molecule has 0 bridgehead atoms. The van der Waals surface area contributed by atoms with Gasteiger partial charge in [-0.05, 0) is 6.07 Å². The van der Waals surface area contributed by atoms with E-state index in [0.29, 0.717) is 0 Å². The molecule has 13 heavy (non-hydrogen) atoms. The van der Waals surface area contributed by atoms with E-state index < -0.39 is 17.3 Å². The number of hydrogen-bond acceptors (Lipinski definition) is 3. The molecule has 0 aliphatic rings. The Morgan fingerprint density at radius 3 is 2.77 bits per heavy atom. The highest BCUT2D eigenvalue weighted by Crippen LogP contribution is 1.98. The second-order valence-corrected chi connectivity index (χ2v) is 2.48. The van der Waals surface area contributed by atoms with Crippen molar-refractivity contribution >= 4 is 5.97 Å². The van der Waals surface area contributed by atoms with Crippen molar-refractivity contribution in [1.29, 1.82) is 0 Å². The second-order valence-electron chi connectivity index (χ2n) is 2.48. The van der Waals surface area contributed by atoms with Crippen LogP contribution in [0.4, 0.5) is 4.39 Å². The Morgan fingerprint density at radius 1 is 1.62 bits per heavy atom. The summed E-state index contributed by atoms with van der Waals surface area (Å²) in [6, 6.07) is 0.855. The number of halogens is 1. The van der Waals surface area contributed by atoms with Gasteiger partial charge >= 0.3 is 5.97 Å². The molecule has 0 aliphatic carbocycles. The van der Waals surface area contributed by atoms with Gasteiger partial charge in [-0.15, -0.1) is 0 Å². The molecule has 0 fully saturated rings. The standard InChI is InChI=1S/C8H8FNO3/c1-10-4-5(9)3-6(7(10)11)8(12)13-2/h3-4H,1-2H3. The van der Waals surface area contributed by atoms with Crippen LogP contribution in [0.25, 0.3) is 0 Å². The molecule has 70 valence electrons. The highest BCUT2D eigenvalue weighted by molar-refractivity contribution is 5.88. The van der Waals surface area contributed by atoms with Gasteiger partial charge < -0.3 is 9.30 Å². The van der Waals surface area contributed by atoms with Crippen molar-refractivity contribution in [3.8, 4) is 0 Å². The summed E-state index contributed by atoms with van der Waals surface area (Å²) in [5.41, 5.74) is -0.877. The highest BCUT2D eigenvalue weighted by Gasteiger charge is 2.12. The number of esters is 1. The average molecular weight is 185 g/mol. The SMILES string of the molecule is COC(=O)c1cc(F)cn(C)c1=O. The fourth-order valence-corrected chi connectivity index (χ4v) is 0.927. The zero-order valence-corrected chi connectivity index (χ0v) is 7.20. The molecule has 0 aliphatic heterocycles. The van der Waals surface area contributed by atoms with E-state index in [0.717, 1.165) is 23.9 Å². The van der Waals surface area contributed by atoms with Crippen LogP contribution in [-0.4, -0.2) is 17.6 Å². The number of ether oxygens (including phenoxy) is 1. The topological polar surface area (TPSA) is 48.3 Å². The van der Waals surface area contributed by atoms with Gasteiger partial charge in [-0.3, -0.25) is 4.79 Å². The van der Waals surface area contributed by atoms with Crippen molar-refractivity contribution in [1.82, 2.24) is 4.57 Å². The Labute approximate surface area is 73.6 Å². The van der Waals surface area contributed by atoms with Gasteiger partial charge in [-0.25, -0.2) is 9.18 Å². The van der Waals surface area contributed by atoms with Crippen molar-refractivity contribution in [2.24, 2.45) is 7.05 Å². The molecule has 0 atom stereocenters. The summed E-state index contributed by atoms with van der Waals surface area (Å²) in [7, 11) is 2.49. The highest BCUT2D eigenvalue weighted by atomic mass is 19.1. The molecule has 0 saturated carbocycles. The van der Waals surface area contributed by atoms with Crippen LogP contribution in [0, 0.1) is 5.82 Å². The Bertz CT molecular complexity index is 397. The van der Waals surface area contributed by atoms with Gasteiger partial charge in [0.2, 0.25) is 0 Å². The van der Waals surface area contributed by atoms with Crippen LogP contribution in [0.5, 0.6) is 0 Å². The van der Waals surface area contributed by atoms with E-state index in [1.807, 2.05) is 0 Å². The predicted octanol–water partition coefficient (Wildman–Crippen LogP) is 0.311. The molecule has 1 rings (SSSR count). The fourth-order valence-electron chi connectivity index (χ4n) is 0.927. The largest absolute Gasteiger partial charge is 0.465 e. The van der Waals surface area contributed by atoms with Crippen LogP contribution in [0.1, 0.15) is 10.4 Å². The van der Waals surface area contributed by atoms with Crippen LogP contribution < -0.4 is 5.56 Å². The van der Waals surface area contributed by atoms with E-state index in [9.17, 15) is 14.0 Å². The predicted molar refractivity (Wildman–Crippen MR) is 43.0 cm³/mol. The number of carbonyl (C=O) groups is 1. The quantitative estimate of drug-likeness (QED) is 0.591. The molecule has 1 aromatic rings. The number of carbonyl (C=O) groups excluding carboxylic acids is 1. The molecular weight excluding hydrogens is 177 g/mol. The molecular formula is C8H8FNO3. The molecule has 1 heterocycles. The molecule has 0 saturated heterocycles. The monoisotopic (exact) mass is 185 g/mol. The lowest BCUT2D eigenvalue weighted by atomic mass is 10.3. The zero-order valence-electron chi connectivity index (χ0n) is 7.20. The molecule has 0 amide bonds. The van der Waals surface area contributed by atoms with Gasteiger partial charge in [0.25, 0.3) is 5.56 Å². The Balaban J connectivity index is 3.37. The molecule has 4 nitrogen and oxygen atoms in total. The maximum atomic E-state index is 12.7. The first-order chi connectivity index (χ1) is 6.06. The zero-order chi connectivity index (χ0) is 10.0. The lowest BCUT2D eigenvalue weighted by Gasteiger charge is -2.01. The van der Waals surface area contributed by atoms with Gasteiger partial charge in [0.15, 0.2) is 0 Å². The third-order valence-electron chi connectivity index (χ3n) is 1.56. The summed E-state index contributed by atoms with van der Waals surface area (Å²) in [6.45, 7) is 0. The van der Waals surface area contributed by atoms with Crippen LogP contribution >= 0.6 is 0 Å². The maximum Gasteiger partial charge on any atom is 0.343 e. The minimum absolute atomic E-state index is 0.301. The number of pyridine rings is 1. The van der Waals surface area contributed by atoms with Crippen LogP contribution in [0.2, 0.25) is 0 Å². The minimum Gasteiger partial charge on any atom is -0.465 e. The van der Waals surface area contributed by atoms with E-state index >= 15 is 0 Å². The van der Waals surface area contributed by atoms with E-state index in [1.54, 1.807) is 0 Å².